The van der Waals surface area contributed by atoms with Crippen molar-refractivity contribution in [3.8, 4) is 0 Å². The van der Waals surface area contributed by atoms with E-state index in [1.807, 2.05) is 26.0 Å². The normalized spacial score (nSPS) is 32.4. The fraction of sp³-hybridized carbons (Fsp3) is 0.389. The lowest BCUT2D eigenvalue weighted by Gasteiger charge is -2.29. The Kier molecular flexibility index (Phi) is 3.12. The third-order valence-corrected chi connectivity index (χ3v) is 5.85. The molecule has 1 aromatic heterocycles. The van der Waals surface area contributed by atoms with E-state index in [0.717, 1.165) is 22.7 Å². The number of nitrogens with zero attached hydrogens (tertiary/aromatic N) is 1. The number of carbonyl (C=O) groups is 2. The van der Waals surface area contributed by atoms with Crippen LogP contribution in [0.4, 0.5) is 0 Å². The van der Waals surface area contributed by atoms with Crippen molar-refractivity contribution in [3.05, 3.63) is 46.5 Å². The Hall–Kier alpha value is -1.68. The summed E-state index contributed by atoms with van der Waals surface area (Å²) in [4.78, 5) is 30.3. The maximum absolute atomic E-state index is 12.8. The summed E-state index contributed by atoms with van der Waals surface area (Å²) in [7, 11) is 0. The Morgan fingerprint density at radius 3 is 2.55 bits per heavy atom. The van der Waals surface area contributed by atoms with Crippen LogP contribution >= 0.6 is 11.8 Å². The number of aromatic nitrogens is 1. The molecule has 112 valence electrons. The average molecular weight is 311 g/mol. The highest BCUT2D eigenvalue weighted by molar-refractivity contribution is 8.04. The highest BCUT2D eigenvalue weighted by atomic mass is 32.2. The molecule has 1 aromatic rings. The van der Waals surface area contributed by atoms with Crippen molar-refractivity contribution in [2.45, 2.75) is 25.3 Å². The molecule has 1 fully saturated rings. The number of aryl methyl sites for hydroxylation is 2. The monoisotopic (exact) mass is 311 g/mol. The van der Waals surface area contributed by atoms with Gasteiger partial charge in [-0.2, -0.15) is 0 Å². The van der Waals surface area contributed by atoms with E-state index in [9.17, 15) is 9.59 Å². The van der Waals surface area contributed by atoms with Crippen molar-refractivity contribution in [2.24, 2.45) is 23.7 Å². The van der Waals surface area contributed by atoms with Crippen molar-refractivity contribution in [2.75, 3.05) is 0 Å². The second-order valence-electron chi connectivity index (χ2n) is 6.50. The predicted molar refractivity (Wildman–Crippen MR) is 85.4 cm³/mol. The summed E-state index contributed by atoms with van der Waals surface area (Å²) in [6.07, 6.45) is 6.76. The van der Waals surface area contributed by atoms with Crippen LogP contribution in [0.25, 0.3) is 0 Å². The van der Waals surface area contributed by atoms with Gasteiger partial charge in [-0.3, -0.25) is 9.59 Å². The van der Waals surface area contributed by atoms with Crippen molar-refractivity contribution in [1.29, 1.82) is 0 Å². The zero-order chi connectivity index (χ0) is 15.4. The third kappa shape index (κ3) is 2.09. The molecule has 22 heavy (non-hydrogen) atoms. The second kappa shape index (κ2) is 4.92. The van der Waals surface area contributed by atoms with Crippen LogP contribution in [-0.2, 0) is 9.59 Å². The molecule has 0 amide bonds. The molecule has 3 nitrogen and oxygen atoms in total. The summed E-state index contributed by atoms with van der Waals surface area (Å²) in [6.45, 7) is 3.95. The van der Waals surface area contributed by atoms with Crippen LogP contribution in [0.5, 0.6) is 0 Å². The summed E-state index contributed by atoms with van der Waals surface area (Å²) in [5.41, 5.74) is 2.05. The highest BCUT2D eigenvalue weighted by Crippen LogP contribution is 2.52. The fourth-order valence-electron chi connectivity index (χ4n) is 4.08. The van der Waals surface area contributed by atoms with Crippen LogP contribution in [0, 0.1) is 37.5 Å². The molecule has 4 rings (SSSR count). The van der Waals surface area contributed by atoms with E-state index >= 15 is 0 Å². The van der Waals surface area contributed by atoms with Crippen molar-refractivity contribution < 1.29 is 9.59 Å². The van der Waals surface area contributed by atoms with Gasteiger partial charge in [0.2, 0.25) is 0 Å². The van der Waals surface area contributed by atoms with E-state index in [2.05, 4.69) is 17.1 Å². The number of rotatable bonds is 2. The van der Waals surface area contributed by atoms with Gasteiger partial charge in [-0.15, -0.1) is 0 Å². The fourth-order valence-corrected chi connectivity index (χ4v) is 5.15. The number of Topliss-reactive ketones (excluding diaryl/α,β-unsaturated/α-hetero) is 1. The molecule has 1 heterocycles. The largest absolute Gasteiger partial charge is 0.294 e. The minimum Gasteiger partial charge on any atom is -0.294 e. The van der Waals surface area contributed by atoms with Gasteiger partial charge in [-0.1, -0.05) is 23.9 Å². The standard InChI is InChI=1S/C18H17NO2S/c1-9-5-10(2)19-15(6-9)22-14-8-13(20)16-11-3-4-12(7-11)17(16)18(14)21/h3-6,8,11-12,16-17H,7H2,1-2H3/t11-,12-,16+,17-/m0/s1. The van der Waals surface area contributed by atoms with Crippen molar-refractivity contribution in [3.63, 3.8) is 0 Å². The Balaban J connectivity index is 1.66. The van der Waals surface area contributed by atoms with Crippen LogP contribution in [0.1, 0.15) is 17.7 Å². The minimum atomic E-state index is -0.138. The lowest BCUT2D eigenvalue weighted by Crippen LogP contribution is -2.36. The van der Waals surface area contributed by atoms with Crippen molar-refractivity contribution >= 4 is 23.3 Å². The molecule has 0 saturated heterocycles. The first-order valence-corrected chi connectivity index (χ1v) is 8.46. The van der Waals surface area contributed by atoms with E-state index in [1.165, 1.54) is 11.8 Å². The van der Waals surface area contributed by atoms with Crippen LogP contribution in [-0.4, -0.2) is 16.6 Å². The SMILES string of the molecule is Cc1cc(C)nc(SC2=CC(=O)[C@@H]3[C@@H](C2=O)[C@H]2C=C[C@H]3C2)c1. The molecule has 0 unspecified atom stereocenters. The van der Waals surface area contributed by atoms with E-state index in [4.69, 9.17) is 0 Å². The van der Waals surface area contributed by atoms with Gasteiger partial charge >= 0.3 is 0 Å². The number of ketones is 2. The summed E-state index contributed by atoms with van der Waals surface area (Å²) in [5, 5.41) is 0.794. The number of thioether (sulfide) groups is 1. The molecule has 0 spiro atoms. The number of carbonyl (C=O) groups excluding carboxylic acids is 2. The lowest BCUT2D eigenvalue weighted by molar-refractivity contribution is -0.129. The number of fused-ring (bicyclic) bond motifs is 5. The smallest absolute Gasteiger partial charge is 0.174 e. The van der Waals surface area contributed by atoms with E-state index < -0.39 is 0 Å². The summed E-state index contributed by atoms with van der Waals surface area (Å²) >= 11 is 1.34. The van der Waals surface area contributed by atoms with Gasteiger partial charge in [0.15, 0.2) is 11.6 Å². The van der Waals surface area contributed by atoms with Gasteiger partial charge in [0.25, 0.3) is 0 Å². The quantitative estimate of drug-likeness (QED) is 0.787. The van der Waals surface area contributed by atoms with Crippen LogP contribution in [0.3, 0.4) is 0 Å². The highest BCUT2D eigenvalue weighted by Gasteiger charge is 2.53. The van der Waals surface area contributed by atoms with Crippen LogP contribution in [0.2, 0.25) is 0 Å². The third-order valence-electron chi connectivity index (χ3n) is 4.90. The minimum absolute atomic E-state index is 0.112. The molecular formula is C18H17NO2S. The molecule has 4 heteroatoms. The first-order valence-electron chi connectivity index (χ1n) is 7.64. The topological polar surface area (TPSA) is 47.0 Å². The first-order chi connectivity index (χ1) is 10.5. The van der Waals surface area contributed by atoms with E-state index in [0.29, 0.717) is 4.91 Å². The van der Waals surface area contributed by atoms with Gasteiger partial charge in [0, 0.05) is 17.5 Å². The number of hydrogen-bond acceptors (Lipinski definition) is 4. The molecule has 1 saturated carbocycles. The summed E-state index contributed by atoms with van der Waals surface area (Å²) in [5.74, 6) is 0.525. The Labute approximate surface area is 133 Å². The summed E-state index contributed by atoms with van der Waals surface area (Å²) in [6, 6.07) is 3.96. The average Bonchev–Trinajstić information content (AvgIpc) is 3.04. The second-order valence-corrected chi connectivity index (χ2v) is 7.56. The summed E-state index contributed by atoms with van der Waals surface area (Å²) < 4.78 is 0. The Morgan fingerprint density at radius 1 is 1.09 bits per heavy atom. The van der Waals surface area contributed by atoms with Gasteiger partial charge in [0.05, 0.1) is 4.91 Å². The molecule has 0 aromatic carbocycles. The number of allylic oxidation sites excluding steroid dienone is 4. The van der Waals surface area contributed by atoms with E-state index in [-0.39, 0.29) is 35.2 Å². The van der Waals surface area contributed by atoms with Gasteiger partial charge < -0.3 is 0 Å². The van der Waals surface area contributed by atoms with Gasteiger partial charge in [0.1, 0.15) is 5.03 Å². The number of hydrogen-bond donors (Lipinski definition) is 0. The molecule has 0 N–H and O–H groups in total. The molecule has 0 radical (unpaired) electrons. The Bertz CT molecular complexity index is 729. The zero-order valence-electron chi connectivity index (χ0n) is 12.6. The van der Waals surface area contributed by atoms with Crippen LogP contribution in [0.15, 0.2) is 40.3 Å². The molecule has 4 atom stereocenters. The molecule has 0 aliphatic heterocycles. The maximum Gasteiger partial charge on any atom is 0.174 e. The van der Waals surface area contributed by atoms with Crippen molar-refractivity contribution in [1.82, 2.24) is 4.98 Å². The lowest BCUT2D eigenvalue weighted by atomic mass is 9.75. The van der Waals surface area contributed by atoms with Gasteiger partial charge in [-0.25, -0.2) is 4.98 Å². The molecule has 3 aliphatic rings. The van der Waals surface area contributed by atoms with E-state index in [1.54, 1.807) is 6.08 Å². The molecule has 3 aliphatic carbocycles. The molecule has 2 bridgehead atoms. The first kappa shape index (κ1) is 13.9. The zero-order valence-corrected chi connectivity index (χ0v) is 13.4. The molecular weight excluding hydrogens is 294 g/mol. The van der Waals surface area contributed by atoms with Gasteiger partial charge in [-0.05, 0) is 55.9 Å². The van der Waals surface area contributed by atoms with Crippen LogP contribution < -0.4 is 0 Å². The predicted octanol–water partition coefficient (Wildman–Crippen LogP) is 3.26. The maximum atomic E-state index is 12.8. The Morgan fingerprint density at radius 2 is 1.82 bits per heavy atom. The number of pyridine rings is 1.